The molecule has 0 aromatic rings. The van der Waals surface area contributed by atoms with Gasteiger partial charge in [-0.2, -0.15) is 0 Å². The number of rotatable bonds is 15. The highest BCUT2D eigenvalue weighted by Crippen LogP contribution is 2.71. The molecule has 0 radical (unpaired) electrons. The maximum absolute atomic E-state index is 12.4. The summed E-state index contributed by atoms with van der Waals surface area (Å²) in [4.78, 5) is 0. The lowest BCUT2D eigenvalue weighted by Gasteiger charge is -2.61. The van der Waals surface area contributed by atoms with Crippen LogP contribution in [-0.2, 0) is 66.3 Å². The van der Waals surface area contributed by atoms with Gasteiger partial charge in [0.05, 0.1) is 58.5 Å². The van der Waals surface area contributed by atoms with E-state index in [2.05, 4.69) is 27.7 Å². The van der Waals surface area contributed by atoms with Crippen molar-refractivity contribution in [2.75, 3.05) is 46.2 Å². The van der Waals surface area contributed by atoms with Gasteiger partial charge in [-0.1, -0.05) is 27.7 Å². The van der Waals surface area contributed by atoms with Crippen LogP contribution in [0.3, 0.4) is 0 Å². The maximum atomic E-state index is 12.4. The van der Waals surface area contributed by atoms with Gasteiger partial charge in [0.25, 0.3) is 0 Å². The van der Waals surface area contributed by atoms with Crippen LogP contribution in [-0.4, -0.2) is 312 Å². The van der Waals surface area contributed by atoms with Gasteiger partial charge in [0, 0.05) is 12.3 Å². The minimum atomic E-state index is -2.10. The van der Waals surface area contributed by atoms with Gasteiger partial charge in [0.2, 0.25) is 0 Å². The molecule has 30 nitrogen and oxygen atoms in total. The Kier molecular flexibility index (Phi) is 20.8. The van der Waals surface area contributed by atoms with Crippen LogP contribution in [0.15, 0.2) is 0 Å². The molecule has 4 saturated carbocycles. The summed E-state index contributed by atoms with van der Waals surface area (Å²) in [6, 6.07) is 0. The number of hydrogen-bond acceptors (Lipinski definition) is 30. The van der Waals surface area contributed by atoms with E-state index in [-0.39, 0.29) is 28.8 Å². The minimum Gasteiger partial charge on any atom is -0.394 e. The summed E-state index contributed by atoms with van der Waals surface area (Å²) < 4.78 is 87.4. The maximum Gasteiger partial charge on any atom is 0.187 e. The number of hydrogen-bond donors (Lipinski definition) is 16. The molecule has 0 bridgehead atoms. The number of aliphatic hydroxyl groups is 16. The Hall–Kier alpha value is -1.20. The highest BCUT2D eigenvalue weighted by atomic mass is 16.8. The predicted octanol–water partition coefficient (Wildman–Crippen LogP) is -5.34. The molecule has 12 rings (SSSR count). The smallest absolute Gasteiger partial charge is 0.187 e. The van der Waals surface area contributed by atoms with Crippen LogP contribution < -0.4 is 0 Å². The van der Waals surface area contributed by atoms with E-state index in [4.69, 9.17) is 66.3 Å². The first kappa shape index (κ1) is 68.7. The quantitative estimate of drug-likeness (QED) is 0.0681. The van der Waals surface area contributed by atoms with E-state index in [0.29, 0.717) is 49.0 Å². The van der Waals surface area contributed by atoms with Crippen LogP contribution in [0.25, 0.3) is 0 Å². The third-order valence-electron chi connectivity index (χ3n) is 23.4. The zero-order valence-electron chi connectivity index (χ0n) is 51.2. The molecule has 1 spiro atoms. The molecular formula is C60H98O30. The third kappa shape index (κ3) is 12.3. The molecule has 8 heterocycles. The van der Waals surface area contributed by atoms with Gasteiger partial charge in [0.1, 0.15) is 128 Å². The molecule has 8 saturated heterocycles. The van der Waals surface area contributed by atoms with E-state index in [9.17, 15) is 81.7 Å². The lowest BCUT2D eigenvalue weighted by molar-refractivity contribution is -0.415. The van der Waals surface area contributed by atoms with E-state index in [1.807, 2.05) is 0 Å². The molecule has 12 fully saturated rings. The Balaban J connectivity index is 0.841. The molecule has 12 aliphatic rings. The Morgan fingerprint density at radius 2 is 0.878 bits per heavy atom. The van der Waals surface area contributed by atoms with E-state index >= 15 is 0 Å². The third-order valence-corrected chi connectivity index (χ3v) is 23.4. The summed E-state index contributed by atoms with van der Waals surface area (Å²) in [5, 5.41) is 176. The van der Waals surface area contributed by atoms with Crippen molar-refractivity contribution in [3.05, 3.63) is 0 Å². The topological polar surface area (TPSA) is 453 Å². The van der Waals surface area contributed by atoms with Crippen molar-refractivity contribution in [1.82, 2.24) is 0 Å². The molecule has 4 aliphatic carbocycles. The van der Waals surface area contributed by atoms with Crippen LogP contribution in [0, 0.1) is 52.3 Å². The Labute approximate surface area is 520 Å². The summed E-state index contributed by atoms with van der Waals surface area (Å²) in [6.45, 7) is 5.68. The number of ether oxygens (including phenoxy) is 14. The first-order chi connectivity index (χ1) is 42.8. The minimum absolute atomic E-state index is 0.0873. The van der Waals surface area contributed by atoms with Crippen molar-refractivity contribution in [2.24, 2.45) is 52.3 Å². The van der Waals surface area contributed by atoms with Gasteiger partial charge in [-0.3, -0.25) is 0 Å². The van der Waals surface area contributed by atoms with Gasteiger partial charge in [-0.15, -0.1) is 0 Å². The van der Waals surface area contributed by atoms with Crippen molar-refractivity contribution in [3.8, 4) is 0 Å². The normalized spacial score (nSPS) is 57.3. The first-order valence-corrected chi connectivity index (χ1v) is 32.6. The summed E-state index contributed by atoms with van der Waals surface area (Å²) >= 11 is 0. The van der Waals surface area contributed by atoms with Gasteiger partial charge in [-0.05, 0) is 104 Å². The fourth-order valence-electron chi connectivity index (χ4n) is 18.2. The molecule has 518 valence electrons. The second-order valence-corrected chi connectivity index (χ2v) is 28.6. The van der Waals surface area contributed by atoms with Gasteiger partial charge >= 0.3 is 0 Å². The molecule has 39 atom stereocenters. The molecule has 16 N–H and O–H groups in total. The fourth-order valence-corrected chi connectivity index (χ4v) is 18.2. The van der Waals surface area contributed by atoms with Crippen molar-refractivity contribution >= 4 is 0 Å². The SMILES string of the molecule is C[C@@H]1CC[C@@]2(OC1)O[C@H]1C[C@H]3[C@@H]4CC[C@H]5C[C@@H](O[C@@H]6O[C@H](CO)[C@@H](O)[C@H](O[C@@H]7O[C@H](CO)[C@@H](O)[C@H](O[C@@H]8OC[C@@H](O)[C@H](O)[C@H]8O)[C@H]7O[C@@H]7OC[C@@H](O)[C@H](O)[C@H]7O)[C@H]6O[C@@H]6O[C@H](CO)[C@H](O)[C@H](O[C@@H]7OC[C@@H](O)[C@H](O)[C@H]7O)[C@H]6O)CC[C@]5(C)[C@H]4CC[C@]3(C)[C@H]1[C@@H]2C. The van der Waals surface area contributed by atoms with Crippen molar-refractivity contribution < 1.29 is 148 Å². The van der Waals surface area contributed by atoms with Crippen LogP contribution in [0.2, 0.25) is 0 Å². The molecule has 0 aromatic heterocycles. The molecule has 90 heavy (non-hydrogen) atoms. The van der Waals surface area contributed by atoms with Gasteiger partial charge < -0.3 is 148 Å². The van der Waals surface area contributed by atoms with Gasteiger partial charge in [-0.25, -0.2) is 0 Å². The largest absolute Gasteiger partial charge is 0.394 e. The van der Waals surface area contributed by atoms with E-state index < -0.39 is 217 Å². The Morgan fingerprint density at radius 1 is 0.411 bits per heavy atom. The summed E-state index contributed by atoms with van der Waals surface area (Å²) in [6.07, 6.45) is -41.3. The predicted molar refractivity (Wildman–Crippen MR) is 296 cm³/mol. The average Bonchev–Trinajstić information content (AvgIpc) is 1.50. The van der Waals surface area contributed by atoms with Crippen LogP contribution in [0.4, 0.5) is 0 Å². The summed E-state index contributed by atoms with van der Waals surface area (Å²) in [5.41, 5.74) is 0.00726. The van der Waals surface area contributed by atoms with Crippen molar-refractivity contribution in [1.29, 1.82) is 0 Å². The monoisotopic (exact) mass is 1300 g/mol. The first-order valence-electron chi connectivity index (χ1n) is 32.6. The summed E-state index contributed by atoms with van der Waals surface area (Å²) in [7, 11) is 0. The molecule has 0 unspecified atom stereocenters. The average molecular weight is 1300 g/mol. The number of fused-ring (bicyclic) bond motifs is 7. The molecule has 0 amide bonds. The Morgan fingerprint density at radius 3 is 1.40 bits per heavy atom. The van der Waals surface area contributed by atoms with Gasteiger partial charge in [0.15, 0.2) is 43.5 Å². The van der Waals surface area contributed by atoms with Crippen molar-refractivity contribution in [3.63, 3.8) is 0 Å². The zero-order valence-corrected chi connectivity index (χ0v) is 51.2. The Bertz CT molecular complexity index is 2360. The van der Waals surface area contributed by atoms with Crippen LogP contribution in [0.5, 0.6) is 0 Å². The highest BCUT2D eigenvalue weighted by Gasteiger charge is 2.70. The lowest BCUT2D eigenvalue weighted by Crippen LogP contribution is -2.69. The standard InChI is InChI=1S/C60H98O30/c1-22-7-12-60(80-18-22)23(2)36-32(90-60)14-28-26-6-5-24-13-25(8-10-58(24,3)27(26)9-11-59(28,36)4)81-56-50(89-55-46(76)47(40(70)33(15-61)82-55)85-52-43(73)37(67)29(64)19-77-52)49(42(72)34(16-62)83-56)87-57-51(88-54-45(75)39(69)31(66)21-79-54)48(41(71)35(17-63)84-57)86-53-44(74)38(68)30(65)20-78-53/h22-57,61-76H,5-21H2,1-4H3/t22-,23+,24+,25+,26-,27+,28+,29-,30-,31-,32+,33-,34-,35-,36+,37+,38+,39+,40+,41-,42-,43-,44-,45-,46-,47+,48+,49+,50-,51-,52+,53+,54+,55+,56-,57+,58+,59+,60-/m1/s1. The fraction of sp³-hybridized carbons (Fsp3) is 1.00. The lowest BCUT2D eigenvalue weighted by atomic mass is 9.44. The van der Waals surface area contributed by atoms with E-state index in [0.717, 1.165) is 51.4 Å². The molecular weight excluding hydrogens is 1200 g/mol. The summed E-state index contributed by atoms with van der Waals surface area (Å²) in [5.74, 6) is 2.18. The highest BCUT2D eigenvalue weighted by molar-refractivity contribution is 5.16. The molecule has 8 aliphatic heterocycles. The molecule has 30 heteroatoms. The van der Waals surface area contributed by atoms with Crippen LogP contribution >= 0.6 is 0 Å². The van der Waals surface area contributed by atoms with Crippen molar-refractivity contribution in [2.45, 2.75) is 276 Å². The molecule has 0 aromatic carbocycles. The van der Waals surface area contributed by atoms with E-state index in [1.165, 1.54) is 0 Å². The second kappa shape index (κ2) is 27.3. The van der Waals surface area contributed by atoms with Crippen LogP contribution in [0.1, 0.15) is 91.9 Å². The number of aliphatic hydroxyl groups excluding tert-OH is 16. The second-order valence-electron chi connectivity index (χ2n) is 28.6. The van der Waals surface area contributed by atoms with E-state index in [1.54, 1.807) is 0 Å². The zero-order chi connectivity index (χ0) is 64.2.